The summed E-state index contributed by atoms with van der Waals surface area (Å²) in [6, 6.07) is 38.3. The van der Waals surface area contributed by atoms with Crippen molar-refractivity contribution >= 4 is 0 Å². The molecule has 29 heavy (non-hydrogen) atoms. The summed E-state index contributed by atoms with van der Waals surface area (Å²) in [6.45, 7) is 8.59. The van der Waals surface area contributed by atoms with Gasteiger partial charge in [-0.1, -0.05) is 40.5 Å². The topological polar surface area (TPSA) is 0 Å². The molecule has 0 radical (unpaired) electrons. The van der Waals surface area contributed by atoms with E-state index in [-0.39, 0.29) is 21.7 Å². The van der Waals surface area contributed by atoms with Crippen molar-refractivity contribution in [1.82, 2.24) is 0 Å². The molecule has 0 aromatic heterocycles. The molecule has 4 rings (SSSR count). The molecule has 0 saturated carbocycles. The molecule has 0 atom stereocenters. The average molecular weight is 416 g/mol. The summed E-state index contributed by atoms with van der Waals surface area (Å²) >= 11 is 0. The minimum Gasteiger partial charge on any atom is -0.214 e. The van der Waals surface area contributed by atoms with Gasteiger partial charge in [-0.15, -0.1) is 0 Å². The van der Waals surface area contributed by atoms with E-state index in [1.54, 1.807) is 0 Å². The molecule has 0 aliphatic heterocycles. The molecule has 148 valence electrons. The quantitative estimate of drug-likeness (QED) is 0.234. The van der Waals surface area contributed by atoms with Gasteiger partial charge in [0.1, 0.15) is 0 Å². The first kappa shape index (κ1) is 26.9. The van der Waals surface area contributed by atoms with Gasteiger partial charge in [-0.2, -0.15) is 107 Å². The zero-order valence-electron chi connectivity index (χ0n) is 18.2. The monoisotopic (exact) mass is 416 g/mol. The molecule has 0 saturated heterocycles. The van der Waals surface area contributed by atoms with Crippen molar-refractivity contribution in [2.75, 3.05) is 0 Å². The maximum Gasteiger partial charge on any atom is 4.00 e. The van der Waals surface area contributed by atoms with E-state index in [9.17, 15) is 0 Å². The molecule has 0 spiro atoms. The van der Waals surface area contributed by atoms with E-state index < -0.39 is 0 Å². The Morgan fingerprint density at radius 1 is 0.655 bits per heavy atom. The predicted molar refractivity (Wildman–Crippen MR) is 123 cm³/mol. The van der Waals surface area contributed by atoms with Crippen LogP contribution in [0.4, 0.5) is 0 Å². The molecule has 0 unspecified atom stereocenters. The summed E-state index contributed by atoms with van der Waals surface area (Å²) in [6.07, 6.45) is 2.23. The summed E-state index contributed by atoms with van der Waals surface area (Å²) in [7, 11) is 0. The van der Waals surface area contributed by atoms with Crippen LogP contribution in [0, 0.1) is 26.0 Å². The largest absolute Gasteiger partial charge is 4.00 e. The second-order valence-corrected chi connectivity index (χ2v) is 6.34. The second-order valence-electron chi connectivity index (χ2n) is 6.34. The van der Waals surface area contributed by atoms with Gasteiger partial charge in [0.15, 0.2) is 0 Å². The maximum absolute atomic E-state index is 3.05. The van der Waals surface area contributed by atoms with Crippen LogP contribution in [0.15, 0.2) is 97.1 Å². The van der Waals surface area contributed by atoms with Gasteiger partial charge in [-0.3, -0.25) is 0 Å². The summed E-state index contributed by atoms with van der Waals surface area (Å²) in [5, 5.41) is 0. The van der Waals surface area contributed by atoms with Crippen molar-refractivity contribution in [3.05, 3.63) is 131 Å². The van der Waals surface area contributed by atoms with Gasteiger partial charge in [0.25, 0.3) is 0 Å². The van der Waals surface area contributed by atoms with E-state index in [4.69, 9.17) is 0 Å². The standard InChI is InChI=1S/2C9H11.2C5H5.Ti/c2*1-3-9-7-5-4-6-8(9)2;2*1-2-4-5-3-1;/h2*4,6-7H,3H2,1-2H3;2*1-5H;/q4*-1;+4. The molecule has 0 heterocycles. The summed E-state index contributed by atoms with van der Waals surface area (Å²) in [5.41, 5.74) is 5.54. The van der Waals surface area contributed by atoms with Gasteiger partial charge in [-0.05, 0) is 0 Å². The molecule has 0 aliphatic carbocycles. The van der Waals surface area contributed by atoms with Crippen LogP contribution in [0.2, 0.25) is 0 Å². The predicted octanol–water partition coefficient (Wildman–Crippen LogP) is 7.52. The third kappa shape index (κ3) is 12.8. The van der Waals surface area contributed by atoms with Crippen LogP contribution in [0.5, 0.6) is 0 Å². The average Bonchev–Trinajstić information content (AvgIpc) is 3.48. The fraction of sp³-hybridized carbons (Fsp3) is 0.214. The van der Waals surface area contributed by atoms with E-state index in [0.29, 0.717) is 0 Å². The van der Waals surface area contributed by atoms with Crippen LogP contribution in [0.3, 0.4) is 0 Å². The molecule has 0 aliphatic rings. The van der Waals surface area contributed by atoms with Crippen LogP contribution in [-0.4, -0.2) is 0 Å². The normalized spacial score (nSPS) is 8.69. The van der Waals surface area contributed by atoms with E-state index >= 15 is 0 Å². The third-order valence-corrected chi connectivity index (χ3v) is 4.26. The van der Waals surface area contributed by atoms with Gasteiger partial charge in [0, 0.05) is 0 Å². The molecule has 0 N–H and O–H groups in total. The molecular weight excluding hydrogens is 384 g/mol. The van der Waals surface area contributed by atoms with Gasteiger partial charge in [0.2, 0.25) is 0 Å². The molecular formula is C28H32Ti. The van der Waals surface area contributed by atoms with Crippen LogP contribution in [0.1, 0.15) is 36.1 Å². The Kier molecular flexibility index (Phi) is 16.6. The number of hydrogen-bond donors (Lipinski definition) is 0. The van der Waals surface area contributed by atoms with Crippen molar-refractivity contribution in [2.24, 2.45) is 0 Å². The summed E-state index contributed by atoms with van der Waals surface area (Å²) in [4.78, 5) is 0. The smallest absolute Gasteiger partial charge is 0.214 e. The van der Waals surface area contributed by atoms with Crippen molar-refractivity contribution in [3.63, 3.8) is 0 Å². The van der Waals surface area contributed by atoms with E-state index in [1.165, 1.54) is 22.3 Å². The first-order valence-corrected chi connectivity index (χ1v) is 9.93. The zero-order valence-corrected chi connectivity index (χ0v) is 19.7. The first-order chi connectivity index (χ1) is 13.7. The molecule has 0 bridgehead atoms. The Morgan fingerprint density at radius 3 is 1.17 bits per heavy atom. The van der Waals surface area contributed by atoms with Gasteiger partial charge >= 0.3 is 21.7 Å². The van der Waals surface area contributed by atoms with Crippen LogP contribution in [-0.2, 0) is 34.6 Å². The number of aryl methyl sites for hydroxylation is 4. The molecule has 4 aromatic carbocycles. The fourth-order valence-electron chi connectivity index (χ4n) is 2.49. The molecule has 0 nitrogen and oxygen atoms in total. The van der Waals surface area contributed by atoms with E-state index in [2.05, 4.69) is 64.1 Å². The van der Waals surface area contributed by atoms with Gasteiger partial charge < -0.3 is 0 Å². The van der Waals surface area contributed by atoms with Crippen LogP contribution in [0.25, 0.3) is 0 Å². The van der Waals surface area contributed by atoms with Crippen molar-refractivity contribution in [3.8, 4) is 0 Å². The Labute approximate surface area is 193 Å². The second kappa shape index (κ2) is 17.9. The van der Waals surface area contributed by atoms with E-state index in [1.807, 2.05) is 72.8 Å². The Bertz CT molecular complexity index is 705. The molecule has 0 amide bonds. The van der Waals surface area contributed by atoms with Crippen molar-refractivity contribution < 1.29 is 21.7 Å². The zero-order chi connectivity index (χ0) is 20.5. The van der Waals surface area contributed by atoms with E-state index in [0.717, 1.165) is 12.8 Å². The Morgan fingerprint density at radius 2 is 1.00 bits per heavy atom. The summed E-state index contributed by atoms with van der Waals surface area (Å²) < 4.78 is 0. The third-order valence-electron chi connectivity index (χ3n) is 4.26. The van der Waals surface area contributed by atoms with Gasteiger partial charge in [-0.25, -0.2) is 24.3 Å². The maximum atomic E-state index is 3.05. The first-order valence-electron chi connectivity index (χ1n) is 9.93. The number of benzene rings is 2. The number of rotatable bonds is 2. The minimum atomic E-state index is 0. The number of hydrogen-bond acceptors (Lipinski definition) is 0. The van der Waals surface area contributed by atoms with Crippen LogP contribution < -0.4 is 0 Å². The summed E-state index contributed by atoms with van der Waals surface area (Å²) in [5.74, 6) is 0. The minimum absolute atomic E-state index is 0. The van der Waals surface area contributed by atoms with Crippen molar-refractivity contribution in [1.29, 1.82) is 0 Å². The Hall–Kier alpha value is -2.15. The van der Waals surface area contributed by atoms with Crippen LogP contribution >= 0.6 is 0 Å². The Balaban J connectivity index is 0.000000369. The van der Waals surface area contributed by atoms with Crippen molar-refractivity contribution in [2.45, 2.75) is 40.5 Å². The molecule has 1 heteroatoms. The SMILES string of the molecule is CCc1c[c-]ccc1C.CCc1c[c-]ccc1C.[Ti+4].c1cc[cH-]c1.c1cc[cH-]c1. The van der Waals surface area contributed by atoms with Gasteiger partial charge in [0.05, 0.1) is 0 Å². The molecule has 4 aromatic rings. The fourth-order valence-corrected chi connectivity index (χ4v) is 2.49. The molecule has 0 fully saturated rings.